The molecule has 0 atom stereocenters. The lowest BCUT2D eigenvalue weighted by Gasteiger charge is -2.31. The minimum absolute atomic E-state index is 0.117. The fourth-order valence-electron chi connectivity index (χ4n) is 6.89. The Balaban J connectivity index is 1.24. The van der Waals surface area contributed by atoms with Gasteiger partial charge < -0.3 is 29.2 Å². The Morgan fingerprint density at radius 1 is 1.15 bits per heavy atom. The third-order valence-electron chi connectivity index (χ3n) is 9.07. The zero-order chi connectivity index (χ0) is 33.2. The molecule has 0 saturated heterocycles. The average Bonchev–Trinajstić information content (AvgIpc) is 3.67. The number of aromatic nitrogens is 4. The Labute approximate surface area is 274 Å². The summed E-state index contributed by atoms with van der Waals surface area (Å²) in [6.45, 7) is 7.35. The lowest BCUT2D eigenvalue weighted by molar-refractivity contribution is -0.142. The number of anilines is 3. The third-order valence-corrected chi connectivity index (χ3v) is 10.1. The van der Waals surface area contributed by atoms with E-state index in [4.69, 9.17) is 4.74 Å². The van der Waals surface area contributed by atoms with Crippen LogP contribution in [-0.4, -0.2) is 60.2 Å². The highest BCUT2D eigenvalue weighted by atomic mass is 32.1. The number of ether oxygens (including phenoxy) is 1. The second-order valence-corrected chi connectivity index (χ2v) is 14.2. The highest BCUT2D eigenvalue weighted by Crippen LogP contribution is 2.40. The monoisotopic (exact) mass is 657 g/mol. The van der Waals surface area contributed by atoms with E-state index in [1.54, 1.807) is 36.5 Å². The number of fused-ring (bicyclic) bond motifs is 4. The predicted molar refractivity (Wildman–Crippen MR) is 175 cm³/mol. The number of nitrogens with one attached hydrogen (secondary N) is 1. The first-order valence-electron chi connectivity index (χ1n) is 15.5. The minimum Gasteiger partial charge on any atom is -0.465 e. The van der Waals surface area contributed by atoms with E-state index in [1.165, 1.54) is 39.0 Å². The van der Waals surface area contributed by atoms with Gasteiger partial charge in [-0.2, -0.15) is 0 Å². The molecule has 2 amide bonds. The number of pyridine rings is 2. The normalized spacial score (nSPS) is 16.5. The molecule has 2 N–H and O–H groups in total. The van der Waals surface area contributed by atoms with Crippen molar-refractivity contribution in [1.82, 2.24) is 24.0 Å². The van der Waals surface area contributed by atoms with Crippen LogP contribution in [0, 0.1) is 5.41 Å². The zero-order valence-electron chi connectivity index (χ0n) is 26.6. The van der Waals surface area contributed by atoms with Crippen LogP contribution < -0.4 is 15.8 Å². The van der Waals surface area contributed by atoms with Gasteiger partial charge in [0.25, 0.3) is 11.5 Å². The molecule has 47 heavy (non-hydrogen) atoms. The van der Waals surface area contributed by atoms with Gasteiger partial charge in [0.15, 0.2) is 5.13 Å². The molecule has 4 aromatic rings. The van der Waals surface area contributed by atoms with Gasteiger partial charge in [0.1, 0.15) is 23.8 Å². The van der Waals surface area contributed by atoms with Crippen LogP contribution in [0.3, 0.4) is 0 Å². The maximum atomic E-state index is 14.0. The van der Waals surface area contributed by atoms with E-state index in [0.29, 0.717) is 59.4 Å². The van der Waals surface area contributed by atoms with Gasteiger partial charge in [-0.05, 0) is 47.6 Å². The van der Waals surface area contributed by atoms with Crippen LogP contribution in [-0.2, 0) is 55.5 Å². The van der Waals surface area contributed by atoms with Gasteiger partial charge in [-0.15, -0.1) is 0 Å². The number of hydrogen-bond acceptors (Lipinski definition) is 9. The third kappa shape index (κ3) is 5.56. The Morgan fingerprint density at radius 3 is 2.72 bits per heavy atom. The maximum absolute atomic E-state index is 14.0. The quantitative estimate of drug-likeness (QED) is 0.289. The van der Waals surface area contributed by atoms with Crippen LogP contribution in [0.15, 0.2) is 35.4 Å². The van der Waals surface area contributed by atoms with Crippen LogP contribution in [0.2, 0.25) is 0 Å². The van der Waals surface area contributed by atoms with E-state index in [-0.39, 0.29) is 35.7 Å². The van der Waals surface area contributed by atoms with Crippen LogP contribution in [0.1, 0.15) is 58.7 Å². The number of carbonyl (C=O) groups excluding carboxylic acids is 2. The summed E-state index contributed by atoms with van der Waals surface area (Å²) >= 11 is 1.32. The molecule has 6 heterocycles. The number of amides is 2. The summed E-state index contributed by atoms with van der Waals surface area (Å²) in [6, 6.07) is 5.50. The number of esters is 1. The number of thiazole rings is 1. The molecular formula is C33H35N7O6S. The number of rotatable bonds is 6. The average molecular weight is 658 g/mol. The van der Waals surface area contributed by atoms with E-state index < -0.39 is 12.1 Å². The molecule has 7 rings (SSSR count). The Morgan fingerprint density at radius 2 is 1.96 bits per heavy atom. The number of aryl methyl sites for hydroxylation is 1. The molecule has 13 nitrogen and oxygen atoms in total. The van der Waals surface area contributed by atoms with Crippen molar-refractivity contribution in [3.05, 3.63) is 74.0 Å². The lowest BCUT2D eigenvalue weighted by atomic mass is 9.90. The van der Waals surface area contributed by atoms with Gasteiger partial charge in [0, 0.05) is 74.1 Å². The molecule has 0 fully saturated rings. The van der Waals surface area contributed by atoms with Crippen molar-refractivity contribution >= 4 is 45.9 Å². The van der Waals surface area contributed by atoms with E-state index >= 15 is 0 Å². The summed E-state index contributed by atoms with van der Waals surface area (Å²) in [7, 11) is 1.64. The van der Waals surface area contributed by atoms with Crippen molar-refractivity contribution in [3.8, 4) is 11.1 Å². The van der Waals surface area contributed by atoms with Crippen molar-refractivity contribution in [3.63, 3.8) is 0 Å². The zero-order valence-corrected chi connectivity index (χ0v) is 27.4. The molecule has 0 aromatic carbocycles. The van der Waals surface area contributed by atoms with Gasteiger partial charge in [-0.1, -0.05) is 25.2 Å². The minimum atomic E-state index is -0.977. The first-order valence-corrected chi connectivity index (χ1v) is 16.3. The van der Waals surface area contributed by atoms with E-state index in [1.807, 2.05) is 6.07 Å². The van der Waals surface area contributed by atoms with Crippen molar-refractivity contribution < 1.29 is 24.2 Å². The first-order chi connectivity index (χ1) is 22.4. The fourth-order valence-corrected chi connectivity index (χ4v) is 7.93. The highest BCUT2D eigenvalue weighted by molar-refractivity contribution is 7.15. The molecule has 4 aromatic heterocycles. The lowest BCUT2D eigenvalue weighted by Crippen LogP contribution is -2.41. The Kier molecular flexibility index (Phi) is 7.42. The molecule has 244 valence electrons. The van der Waals surface area contributed by atoms with E-state index in [0.717, 1.165) is 23.4 Å². The predicted octanol–water partition coefficient (Wildman–Crippen LogP) is 4.33. The molecule has 3 aliphatic rings. The molecule has 2 aliphatic heterocycles. The summed E-state index contributed by atoms with van der Waals surface area (Å²) in [4.78, 5) is 63.8. The van der Waals surface area contributed by atoms with E-state index in [9.17, 15) is 24.3 Å². The topological polar surface area (TPSA) is 152 Å². The molecule has 0 spiro atoms. The van der Waals surface area contributed by atoms with Gasteiger partial charge >= 0.3 is 12.1 Å². The molecule has 0 saturated carbocycles. The summed E-state index contributed by atoms with van der Waals surface area (Å²) in [5, 5.41) is 13.0. The first kappa shape index (κ1) is 30.7. The second-order valence-electron chi connectivity index (χ2n) is 13.1. The number of hydrogen-bond donors (Lipinski definition) is 2. The van der Waals surface area contributed by atoms with Crippen LogP contribution in [0.4, 0.5) is 21.4 Å². The van der Waals surface area contributed by atoms with Crippen LogP contribution >= 0.6 is 11.3 Å². The van der Waals surface area contributed by atoms with Crippen molar-refractivity contribution in [2.24, 2.45) is 12.5 Å². The van der Waals surface area contributed by atoms with Gasteiger partial charge in [-0.25, -0.2) is 14.8 Å². The molecule has 0 bridgehead atoms. The van der Waals surface area contributed by atoms with Crippen molar-refractivity contribution in [2.75, 3.05) is 23.3 Å². The Hall–Kier alpha value is -4.98. The molecule has 0 radical (unpaired) electrons. The summed E-state index contributed by atoms with van der Waals surface area (Å²) < 4.78 is 9.08. The van der Waals surface area contributed by atoms with Crippen molar-refractivity contribution in [1.29, 1.82) is 0 Å². The SMILES string of the molecule is CC(=O)OCc1c(-c2cc(Nc3nc4c(s3)CN(C(=O)O)CC4)c(=O)n(C)c2)ccnc1N1CCn2c(cc3c2CC(C)(C)C3)C1=O. The van der Waals surface area contributed by atoms with Crippen LogP contribution in [0.5, 0.6) is 0 Å². The van der Waals surface area contributed by atoms with E-state index in [2.05, 4.69) is 33.7 Å². The smallest absolute Gasteiger partial charge is 0.407 e. The van der Waals surface area contributed by atoms with Gasteiger partial charge in [-0.3, -0.25) is 19.3 Å². The summed E-state index contributed by atoms with van der Waals surface area (Å²) in [5.74, 6) is -0.226. The van der Waals surface area contributed by atoms with Gasteiger partial charge in [0.05, 0.1) is 12.2 Å². The van der Waals surface area contributed by atoms with Crippen molar-refractivity contribution in [2.45, 2.75) is 59.7 Å². The second kappa shape index (κ2) is 11.4. The standard InChI is InChI=1S/C33H35N7O6S/c1-18(41)46-17-22-21(5-7-34-28(22)40-10-9-39-25(30(40)43)12-19-13-33(2,3)14-26(19)39)20-11-24(29(42)37(4)15-20)36-31-35-23-6-8-38(32(44)45)16-27(23)47-31/h5,7,11-12,15H,6,8-10,13-14,16-17H2,1-4H3,(H,35,36)(H,44,45). The highest BCUT2D eigenvalue weighted by Gasteiger charge is 2.37. The summed E-state index contributed by atoms with van der Waals surface area (Å²) in [6.07, 6.45) is 4.68. The Bertz CT molecular complexity index is 2030. The number of carboxylic acid groups (broad SMARTS) is 1. The summed E-state index contributed by atoms with van der Waals surface area (Å²) in [5.41, 5.74) is 5.90. The number of carbonyl (C=O) groups is 3. The maximum Gasteiger partial charge on any atom is 0.407 e. The molecular weight excluding hydrogens is 622 g/mol. The number of nitrogens with zero attached hydrogens (tertiary/aromatic N) is 6. The van der Waals surface area contributed by atoms with Gasteiger partial charge in [0.2, 0.25) is 0 Å². The molecule has 14 heteroatoms. The largest absolute Gasteiger partial charge is 0.465 e. The molecule has 0 unspecified atom stereocenters. The molecule has 1 aliphatic carbocycles. The fraction of sp³-hybridized carbons (Fsp3) is 0.394. The van der Waals surface area contributed by atoms with Crippen LogP contribution in [0.25, 0.3) is 11.1 Å².